The number of benzene rings is 1. The average Bonchev–Trinajstić information content (AvgIpc) is 2.64. The van der Waals surface area contributed by atoms with E-state index in [9.17, 15) is 8.78 Å². The number of rotatable bonds is 2. The Hall–Kier alpha value is -1.00. The molecule has 1 aromatic carbocycles. The van der Waals surface area contributed by atoms with Crippen LogP contribution in [-0.2, 0) is 0 Å². The van der Waals surface area contributed by atoms with E-state index in [4.69, 9.17) is 5.73 Å². The van der Waals surface area contributed by atoms with Gasteiger partial charge in [0.25, 0.3) is 0 Å². The number of nitrogens with two attached hydrogens (primary N) is 1. The molecule has 1 saturated heterocycles. The number of halogens is 2. The number of likely N-dealkylation sites (tertiary alicyclic amines) is 1. The van der Waals surface area contributed by atoms with Crippen LogP contribution in [0.1, 0.15) is 18.0 Å². The summed E-state index contributed by atoms with van der Waals surface area (Å²) in [4.78, 5) is 2.14. The fourth-order valence-corrected chi connectivity index (χ4v) is 2.39. The second-order valence-electron chi connectivity index (χ2n) is 4.47. The lowest BCUT2D eigenvalue weighted by molar-refractivity contribution is 0.312. The van der Waals surface area contributed by atoms with Gasteiger partial charge in [-0.25, -0.2) is 8.78 Å². The molecule has 1 aromatic rings. The molecule has 0 aromatic heterocycles. The molecule has 16 heavy (non-hydrogen) atoms. The number of nitrogens with zero attached hydrogens (tertiary/aromatic N) is 1. The first kappa shape index (κ1) is 11.5. The van der Waals surface area contributed by atoms with Gasteiger partial charge in [0.1, 0.15) is 0 Å². The van der Waals surface area contributed by atoms with E-state index in [2.05, 4.69) is 4.90 Å². The van der Waals surface area contributed by atoms with Gasteiger partial charge in [-0.15, -0.1) is 0 Å². The molecule has 4 heteroatoms. The molecule has 0 radical (unpaired) electrons. The van der Waals surface area contributed by atoms with Crippen LogP contribution in [0.2, 0.25) is 0 Å². The van der Waals surface area contributed by atoms with Crippen molar-refractivity contribution in [3.63, 3.8) is 0 Å². The molecule has 0 spiro atoms. The van der Waals surface area contributed by atoms with E-state index in [0.717, 1.165) is 18.5 Å². The number of hydrogen-bond acceptors (Lipinski definition) is 2. The van der Waals surface area contributed by atoms with E-state index in [1.165, 1.54) is 12.1 Å². The summed E-state index contributed by atoms with van der Waals surface area (Å²) in [5.74, 6) is -1.12. The third kappa shape index (κ3) is 2.08. The molecule has 0 amide bonds. The smallest absolute Gasteiger partial charge is 0.159 e. The van der Waals surface area contributed by atoms with Crippen molar-refractivity contribution in [3.05, 3.63) is 35.4 Å². The number of hydrogen-bond donors (Lipinski definition) is 1. The summed E-state index contributed by atoms with van der Waals surface area (Å²) >= 11 is 0. The fraction of sp³-hybridized carbons (Fsp3) is 0.500. The molecule has 1 aliphatic rings. The van der Waals surface area contributed by atoms with Crippen LogP contribution in [0.4, 0.5) is 8.78 Å². The second-order valence-corrected chi connectivity index (χ2v) is 4.47. The molecule has 2 N–H and O–H groups in total. The van der Waals surface area contributed by atoms with Gasteiger partial charge in [0.15, 0.2) is 11.6 Å². The molecule has 0 bridgehead atoms. The van der Waals surface area contributed by atoms with Crippen LogP contribution in [0, 0.1) is 17.6 Å². The van der Waals surface area contributed by atoms with Gasteiger partial charge in [0.2, 0.25) is 0 Å². The molecule has 1 aliphatic heterocycles. The monoisotopic (exact) mass is 226 g/mol. The van der Waals surface area contributed by atoms with Crippen molar-refractivity contribution in [2.75, 3.05) is 20.1 Å². The zero-order chi connectivity index (χ0) is 11.7. The van der Waals surface area contributed by atoms with E-state index < -0.39 is 11.6 Å². The Balaban J connectivity index is 2.21. The van der Waals surface area contributed by atoms with Gasteiger partial charge in [-0.3, -0.25) is 4.90 Å². The van der Waals surface area contributed by atoms with E-state index in [0.29, 0.717) is 12.5 Å². The van der Waals surface area contributed by atoms with Gasteiger partial charge >= 0.3 is 0 Å². The van der Waals surface area contributed by atoms with Crippen molar-refractivity contribution in [3.8, 4) is 0 Å². The predicted octanol–water partition coefficient (Wildman–Crippen LogP) is 1.92. The summed E-state index contributed by atoms with van der Waals surface area (Å²) in [6.45, 7) is 1.56. The van der Waals surface area contributed by atoms with Gasteiger partial charge in [0, 0.05) is 12.6 Å². The minimum Gasteiger partial charge on any atom is -0.330 e. The molecule has 2 unspecified atom stereocenters. The topological polar surface area (TPSA) is 29.3 Å². The summed E-state index contributed by atoms with van der Waals surface area (Å²) in [7, 11) is 1.99. The molecule has 0 saturated carbocycles. The van der Waals surface area contributed by atoms with Crippen LogP contribution in [-0.4, -0.2) is 25.0 Å². The van der Waals surface area contributed by atoms with Crippen LogP contribution >= 0.6 is 0 Å². The lowest BCUT2D eigenvalue weighted by atomic mass is 10.00. The first-order valence-electron chi connectivity index (χ1n) is 5.47. The largest absolute Gasteiger partial charge is 0.330 e. The van der Waals surface area contributed by atoms with Gasteiger partial charge < -0.3 is 5.73 Å². The van der Waals surface area contributed by atoms with Gasteiger partial charge in [-0.2, -0.15) is 0 Å². The molecule has 1 fully saturated rings. The lowest BCUT2D eigenvalue weighted by Crippen LogP contribution is -2.20. The summed E-state index contributed by atoms with van der Waals surface area (Å²) in [5, 5.41) is 0. The normalized spacial score (nSPS) is 26.2. The highest BCUT2D eigenvalue weighted by molar-refractivity contribution is 5.22. The van der Waals surface area contributed by atoms with E-state index in [-0.39, 0.29) is 6.04 Å². The second kappa shape index (κ2) is 4.47. The summed E-state index contributed by atoms with van der Waals surface area (Å²) in [5.41, 5.74) is 6.46. The Morgan fingerprint density at radius 1 is 1.38 bits per heavy atom. The van der Waals surface area contributed by atoms with Gasteiger partial charge in [-0.1, -0.05) is 6.07 Å². The van der Waals surface area contributed by atoms with Crippen molar-refractivity contribution in [1.82, 2.24) is 4.90 Å². The lowest BCUT2D eigenvalue weighted by Gasteiger charge is -2.19. The van der Waals surface area contributed by atoms with E-state index in [1.54, 1.807) is 6.07 Å². The molecule has 1 heterocycles. The highest BCUT2D eigenvalue weighted by Crippen LogP contribution is 2.33. The van der Waals surface area contributed by atoms with Crippen molar-refractivity contribution in [2.24, 2.45) is 11.7 Å². The Morgan fingerprint density at radius 3 is 2.69 bits per heavy atom. The molecular weight excluding hydrogens is 210 g/mol. The summed E-state index contributed by atoms with van der Waals surface area (Å²) < 4.78 is 25.9. The molecule has 2 atom stereocenters. The zero-order valence-corrected chi connectivity index (χ0v) is 9.29. The van der Waals surface area contributed by atoms with E-state index in [1.807, 2.05) is 7.05 Å². The SMILES string of the molecule is CN1CC(CN)CC1c1ccc(F)c(F)c1. The molecule has 88 valence electrons. The standard InChI is InChI=1S/C12H16F2N2/c1-16-7-8(6-15)4-12(16)9-2-3-10(13)11(14)5-9/h2-3,5,8,12H,4,6-7,15H2,1H3. The molecule has 0 aliphatic carbocycles. The Labute approximate surface area is 94.0 Å². The van der Waals surface area contributed by atoms with Gasteiger partial charge in [-0.05, 0) is 43.6 Å². The maximum atomic E-state index is 13.1. The summed E-state index contributed by atoms with van der Waals surface area (Å²) in [6, 6.07) is 4.28. The Morgan fingerprint density at radius 2 is 2.12 bits per heavy atom. The third-order valence-corrected chi connectivity index (χ3v) is 3.30. The van der Waals surface area contributed by atoms with Crippen molar-refractivity contribution >= 4 is 0 Å². The highest BCUT2D eigenvalue weighted by atomic mass is 19.2. The van der Waals surface area contributed by atoms with Crippen LogP contribution in [0.3, 0.4) is 0 Å². The van der Waals surface area contributed by atoms with Crippen LogP contribution < -0.4 is 5.73 Å². The van der Waals surface area contributed by atoms with Gasteiger partial charge in [0.05, 0.1) is 0 Å². The van der Waals surface area contributed by atoms with Crippen molar-refractivity contribution in [2.45, 2.75) is 12.5 Å². The maximum absolute atomic E-state index is 13.1. The molecule has 2 rings (SSSR count). The quantitative estimate of drug-likeness (QED) is 0.834. The zero-order valence-electron chi connectivity index (χ0n) is 9.29. The van der Waals surface area contributed by atoms with Crippen molar-refractivity contribution < 1.29 is 8.78 Å². The first-order valence-corrected chi connectivity index (χ1v) is 5.47. The van der Waals surface area contributed by atoms with Crippen LogP contribution in [0.15, 0.2) is 18.2 Å². The highest BCUT2D eigenvalue weighted by Gasteiger charge is 2.29. The van der Waals surface area contributed by atoms with Crippen molar-refractivity contribution in [1.29, 1.82) is 0 Å². The predicted molar refractivity (Wildman–Crippen MR) is 58.9 cm³/mol. The summed E-state index contributed by atoms with van der Waals surface area (Å²) in [6.07, 6.45) is 0.915. The third-order valence-electron chi connectivity index (χ3n) is 3.30. The minimum atomic E-state index is -0.792. The average molecular weight is 226 g/mol. The Bertz CT molecular complexity index is 381. The van der Waals surface area contributed by atoms with Crippen LogP contribution in [0.5, 0.6) is 0 Å². The Kier molecular flexibility index (Phi) is 3.21. The van der Waals surface area contributed by atoms with Crippen LogP contribution in [0.25, 0.3) is 0 Å². The fourth-order valence-electron chi connectivity index (χ4n) is 2.39. The first-order chi connectivity index (χ1) is 7.61. The molecular formula is C12H16F2N2. The maximum Gasteiger partial charge on any atom is 0.159 e. The van der Waals surface area contributed by atoms with E-state index >= 15 is 0 Å². The minimum absolute atomic E-state index is 0.156. The molecule has 2 nitrogen and oxygen atoms in total.